The lowest BCUT2D eigenvalue weighted by Crippen LogP contribution is -2.31. The molecule has 0 fully saturated rings. The van der Waals surface area contributed by atoms with E-state index in [2.05, 4.69) is 25.1 Å². The van der Waals surface area contributed by atoms with Crippen LogP contribution in [0.25, 0.3) is 0 Å². The Labute approximate surface area is 138 Å². The summed E-state index contributed by atoms with van der Waals surface area (Å²) in [7, 11) is 2.18. The fraction of sp³-hybridized carbons (Fsp3) is 0.562. The number of nitrogens with two attached hydrogens (primary N) is 1. The lowest BCUT2D eigenvalue weighted by atomic mass is 10.2. The molecular formula is C16H26N2OS2. The monoisotopic (exact) mass is 326 g/mol. The van der Waals surface area contributed by atoms with E-state index in [1.807, 2.05) is 36.0 Å². The first-order valence-corrected chi connectivity index (χ1v) is 9.06. The van der Waals surface area contributed by atoms with Gasteiger partial charge in [0.2, 0.25) is 0 Å². The van der Waals surface area contributed by atoms with Crippen molar-refractivity contribution in [3.8, 4) is 5.75 Å². The highest BCUT2D eigenvalue weighted by atomic mass is 32.2. The Morgan fingerprint density at radius 1 is 1.48 bits per heavy atom. The maximum absolute atomic E-state index is 5.76. The fourth-order valence-corrected chi connectivity index (χ4v) is 2.68. The third-order valence-corrected chi connectivity index (χ3v) is 4.41. The number of ether oxygens (including phenoxy) is 1. The SMILES string of the molecule is CSCCC(C)N(C)CCCOc1cccc(C(N)=S)c1. The standard InChI is InChI=1S/C16H26N2OS2/c1-13(8-11-21-3)18(2)9-5-10-19-15-7-4-6-14(12-15)16(17)20/h4,6-7,12-13H,5,8-11H2,1-3H3,(H2,17,20). The average molecular weight is 327 g/mol. The van der Waals surface area contributed by atoms with Crippen molar-refractivity contribution in [2.75, 3.05) is 32.2 Å². The van der Waals surface area contributed by atoms with Crippen LogP contribution in [0.4, 0.5) is 0 Å². The average Bonchev–Trinajstić information content (AvgIpc) is 2.49. The summed E-state index contributed by atoms with van der Waals surface area (Å²) in [4.78, 5) is 2.80. The molecule has 0 aromatic heterocycles. The van der Waals surface area contributed by atoms with Crippen LogP contribution in [0, 0.1) is 0 Å². The van der Waals surface area contributed by atoms with E-state index in [0.717, 1.165) is 24.3 Å². The van der Waals surface area contributed by atoms with E-state index in [-0.39, 0.29) is 0 Å². The Bertz CT molecular complexity index is 440. The fourth-order valence-electron chi connectivity index (χ4n) is 1.97. The molecule has 0 aliphatic rings. The predicted octanol–water partition coefficient (Wildman–Crippen LogP) is 3.16. The molecule has 3 nitrogen and oxygen atoms in total. The molecule has 0 radical (unpaired) electrons. The predicted molar refractivity (Wildman–Crippen MR) is 97.5 cm³/mol. The van der Waals surface area contributed by atoms with Crippen molar-refractivity contribution >= 4 is 29.0 Å². The highest BCUT2D eigenvalue weighted by molar-refractivity contribution is 7.98. The molecule has 1 aromatic rings. The van der Waals surface area contributed by atoms with Gasteiger partial charge in [0.05, 0.1) is 6.61 Å². The van der Waals surface area contributed by atoms with Gasteiger partial charge < -0.3 is 15.4 Å². The van der Waals surface area contributed by atoms with Crippen molar-refractivity contribution in [3.05, 3.63) is 29.8 Å². The number of hydrogen-bond donors (Lipinski definition) is 1. The van der Waals surface area contributed by atoms with Crippen molar-refractivity contribution in [1.82, 2.24) is 4.90 Å². The number of hydrogen-bond acceptors (Lipinski definition) is 4. The largest absolute Gasteiger partial charge is 0.494 e. The van der Waals surface area contributed by atoms with Crippen molar-refractivity contribution < 1.29 is 4.74 Å². The maximum atomic E-state index is 5.76. The Hall–Kier alpha value is -0.780. The van der Waals surface area contributed by atoms with Gasteiger partial charge >= 0.3 is 0 Å². The maximum Gasteiger partial charge on any atom is 0.119 e. The summed E-state index contributed by atoms with van der Waals surface area (Å²) in [6.45, 7) is 4.04. The number of thioether (sulfide) groups is 1. The first-order chi connectivity index (χ1) is 10.0. The van der Waals surface area contributed by atoms with Gasteiger partial charge in [0.15, 0.2) is 0 Å². The van der Waals surface area contributed by atoms with Gasteiger partial charge in [-0.3, -0.25) is 0 Å². The van der Waals surface area contributed by atoms with E-state index in [4.69, 9.17) is 22.7 Å². The molecule has 0 heterocycles. The minimum absolute atomic E-state index is 0.405. The molecule has 0 spiro atoms. The molecule has 5 heteroatoms. The van der Waals surface area contributed by atoms with E-state index >= 15 is 0 Å². The summed E-state index contributed by atoms with van der Waals surface area (Å²) in [5.74, 6) is 2.05. The molecule has 0 aliphatic carbocycles. The summed E-state index contributed by atoms with van der Waals surface area (Å²) >= 11 is 6.87. The third kappa shape index (κ3) is 7.16. The van der Waals surface area contributed by atoms with Crippen LogP contribution in [-0.4, -0.2) is 48.1 Å². The molecule has 0 amide bonds. The zero-order chi connectivity index (χ0) is 15.7. The molecular weight excluding hydrogens is 300 g/mol. The highest BCUT2D eigenvalue weighted by Crippen LogP contribution is 2.14. The van der Waals surface area contributed by atoms with Crippen molar-refractivity contribution in [3.63, 3.8) is 0 Å². The first-order valence-electron chi connectivity index (χ1n) is 7.26. The van der Waals surface area contributed by atoms with Gasteiger partial charge in [-0.15, -0.1) is 0 Å². The lowest BCUT2D eigenvalue weighted by Gasteiger charge is -2.24. The van der Waals surface area contributed by atoms with Crippen molar-refractivity contribution in [1.29, 1.82) is 0 Å². The van der Waals surface area contributed by atoms with Crippen LogP contribution in [0.5, 0.6) is 5.75 Å². The molecule has 1 unspecified atom stereocenters. The topological polar surface area (TPSA) is 38.5 Å². The van der Waals surface area contributed by atoms with Gasteiger partial charge in [-0.05, 0) is 51.0 Å². The Morgan fingerprint density at radius 2 is 2.24 bits per heavy atom. The lowest BCUT2D eigenvalue weighted by molar-refractivity contribution is 0.221. The summed E-state index contributed by atoms with van der Waals surface area (Å²) in [6.07, 6.45) is 4.40. The normalized spacial score (nSPS) is 12.4. The van der Waals surface area contributed by atoms with Gasteiger partial charge in [0.1, 0.15) is 10.7 Å². The van der Waals surface area contributed by atoms with Crippen molar-refractivity contribution in [2.24, 2.45) is 5.73 Å². The van der Waals surface area contributed by atoms with Gasteiger partial charge in [0, 0.05) is 18.2 Å². The molecule has 1 aromatic carbocycles. The molecule has 1 atom stereocenters. The van der Waals surface area contributed by atoms with E-state index in [1.165, 1.54) is 12.2 Å². The highest BCUT2D eigenvalue weighted by Gasteiger charge is 2.08. The molecule has 1 rings (SSSR count). The van der Waals surface area contributed by atoms with Crippen LogP contribution in [0.1, 0.15) is 25.3 Å². The van der Waals surface area contributed by atoms with Gasteiger partial charge in [0.25, 0.3) is 0 Å². The molecule has 0 bridgehead atoms. The number of benzene rings is 1. The summed E-state index contributed by atoms with van der Waals surface area (Å²) in [5, 5.41) is 0. The quantitative estimate of drug-likeness (QED) is 0.528. The summed E-state index contributed by atoms with van der Waals surface area (Å²) in [5.41, 5.74) is 6.47. The van der Waals surface area contributed by atoms with Crippen LogP contribution in [0.2, 0.25) is 0 Å². The number of thiocarbonyl (C=S) groups is 1. The zero-order valence-corrected chi connectivity index (χ0v) is 14.8. The van der Waals surface area contributed by atoms with E-state index < -0.39 is 0 Å². The van der Waals surface area contributed by atoms with E-state index in [9.17, 15) is 0 Å². The molecule has 0 saturated carbocycles. The van der Waals surface area contributed by atoms with Crippen molar-refractivity contribution in [2.45, 2.75) is 25.8 Å². The van der Waals surface area contributed by atoms with Crippen LogP contribution in [0.15, 0.2) is 24.3 Å². The van der Waals surface area contributed by atoms with Crippen LogP contribution in [0.3, 0.4) is 0 Å². The second-order valence-corrected chi connectivity index (χ2v) is 6.63. The molecule has 21 heavy (non-hydrogen) atoms. The van der Waals surface area contributed by atoms with Gasteiger partial charge in [-0.1, -0.05) is 24.4 Å². The first kappa shape index (κ1) is 18.3. The second-order valence-electron chi connectivity index (χ2n) is 5.21. The summed E-state index contributed by atoms with van der Waals surface area (Å²) < 4.78 is 5.76. The third-order valence-electron chi connectivity index (χ3n) is 3.53. The van der Waals surface area contributed by atoms with E-state index in [0.29, 0.717) is 17.6 Å². The van der Waals surface area contributed by atoms with E-state index in [1.54, 1.807) is 0 Å². The van der Waals surface area contributed by atoms with Gasteiger partial charge in [-0.25, -0.2) is 0 Å². The van der Waals surface area contributed by atoms with Crippen LogP contribution >= 0.6 is 24.0 Å². The smallest absolute Gasteiger partial charge is 0.119 e. The van der Waals surface area contributed by atoms with Gasteiger partial charge in [-0.2, -0.15) is 11.8 Å². The Balaban J connectivity index is 2.27. The second kappa shape index (κ2) is 10.0. The Kier molecular flexibility index (Phi) is 8.73. The van der Waals surface area contributed by atoms with Crippen LogP contribution in [-0.2, 0) is 0 Å². The zero-order valence-electron chi connectivity index (χ0n) is 13.2. The minimum atomic E-state index is 0.405. The Morgan fingerprint density at radius 3 is 2.90 bits per heavy atom. The van der Waals surface area contributed by atoms with Crippen LogP contribution < -0.4 is 10.5 Å². The molecule has 0 aliphatic heterocycles. The number of nitrogens with zero attached hydrogens (tertiary/aromatic N) is 1. The number of rotatable bonds is 10. The summed E-state index contributed by atoms with van der Waals surface area (Å²) in [6, 6.07) is 8.27. The molecule has 2 N–H and O–H groups in total. The minimum Gasteiger partial charge on any atom is -0.494 e. The molecule has 0 saturated heterocycles. The molecule has 118 valence electrons.